The highest BCUT2D eigenvalue weighted by molar-refractivity contribution is 5.99. The van der Waals surface area contributed by atoms with E-state index in [4.69, 9.17) is 5.73 Å². The molecule has 0 saturated heterocycles. The molecule has 108 valence electrons. The summed E-state index contributed by atoms with van der Waals surface area (Å²) < 4.78 is 1.60. The first-order chi connectivity index (χ1) is 9.51. The Morgan fingerprint density at radius 2 is 2.25 bits per heavy atom. The summed E-state index contributed by atoms with van der Waals surface area (Å²) in [6, 6.07) is 1.82. The minimum absolute atomic E-state index is 0.0257. The second kappa shape index (κ2) is 6.00. The molecule has 0 bridgehead atoms. The largest absolute Gasteiger partial charge is 0.348 e. The Kier molecular flexibility index (Phi) is 4.34. The van der Waals surface area contributed by atoms with Gasteiger partial charge in [-0.15, -0.1) is 0 Å². The van der Waals surface area contributed by atoms with Crippen molar-refractivity contribution < 1.29 is 4.79 Å². The zero-order valence-corrected chi connectivity index (χ0v) is 12.1. The summed E-state index contributed by atoms with van der Waals surface area (Å²) in [5, 5.41) is 7.09. The van der Waals surface area contributed by atoms with Crippen LogP contribution < -0.4 is 11.1 Å². The lowest BCUT2D eigenvalue weighted by Gasteiger charge is -2.18. The third-order valence-electron chi connectivity index (χ3n) is 3.13. The van der Waals surface area contributed by atoms with Crippen molar-refractivity contribution in [1.82, 2.24) is 19.9 Å². The van der Waals surface area contributed by atoms with Crippen LogP contribution in [0.1, 0.15) is 36.3 Å². The first-order valence-electron chi connectivity index (χ1n) is 6.83. The van der Waals surface area contributed by atoms with Crippen molar-refractivity contribution in [2.75, 3.05) is 6.54 Å². The molecule has 2 aromatic heterocycles. The number of fused-ring (bicyclic) bond motifs is 1. The SMILES string of the molecule is Cc1ccn2ncc(C(=O)NC(CN)CC(C)C)c2n1. The van der Waals surface area contributed by atoms with Crippen LogP contribution in [0.2, 0.25) is 0 Å². The second-order valence-electron chi connectivity index (χ2n) is 5.43. The lowest BCUT2D eigenvalue weighted by molar-refractivity contribution is 0.0935. The molecular weight excluding hydrogens is 254 g/mol. The molecule has 2 aromatic rings. The predicted molar refractivity (Wildman–Crippen MR) is 77.5 cm³/mol. The van der Waals surface area contributed by atoms with E-state index in [9.17, 15) is 4.79 Å². The van der Waals surface area contributed by atoms with Gasteiger partial charge >= 0.3 is 0 Å². The molecule has 20 heavy (non-hydrogen) atoms. The number of aromatic nitrogens is 3. The van der Waals surface area contributed by atoms with Crippen LogP contribution in [0.5, 0.6) is 0 Å². The summed E-state index contributed by atoms with van der Waals surface area (Å²) in [7, 11) is 0. The average molecular weight is 275 g/mol. The molecular formula is C14H21N5O. The Morgan fingerprint density at radius 1 is 1.50 bits per heavy atom. The zero-order chi connectivity index (χ0) is 14.7. The summed E-state index contributed by atoms with van der Waals surface area (Å²) in [5.41, 5.74) is 7.61. The Hall–Kier alpha value is -1.95. The van der Waals surface area contributed by atoms with Crippen LogP contribution >= 0.6 is 0 Å². The molecule has 2 heterocycles. The van der Waals surface area contributed by atoms with E-state index in [0.29, 0.717) is 23.7 Å². The van der Waals surface area contributed by atoms with E-state index in [1.54, 1.807) is 16.9 Å². The van der Waals surface area contributed by atoms with E-state index in [1.807, 2.05) is 13.0 Å². The van der Waals surface area contributed by atoms with Crippen LogP contribution in [0.3, 0.4) is 0 Å². The maximum atomic E-state index is 12.3. The standard InChI is InChI=1S/C14H21N5O/c1-9(2)6-11(7-15)18-14(20)12-8-16-19-5-4-10(3)17-13(12)19/h4-5,8-9,11H,6-7,15H2,1-3H3,(H,18,20). The number of nitrogens with one attached hydrogen (secondary N) is 1. The van der Waals surface area contributed by atoms with Crippen LogP contribution in [0.15, 0.2) is 18.5 Å². The quantitative estimate of drug-likeness (QED) is 0.857. The Balaban J connectivity index is 2.20. The van der Waals surface area contributed by atoms with Gasteiger partial charge in [-0.1, -0.05) is 13.8 Å². The number of carbonyl (C=O) groups excluding carboxylic acids is 1. The number of hydrogen-bond acceptors (Lipinski definition) is 4. The van der Waals surface area contributed by atoms with Gasteiger partial charge < -0.3 is 11.1 Å². The van der Waals surface area contributed by atoms with Crippen LogP contribution in [0.25, 0.3) is 5.65 Å². The van der Waals surface area contributed by atoms with Crippen molar-refractivity contribution in [1.29, 1.82) is 0 Å². The molecule has 0 spiro atoms. The second-order valence-corrected chi connectivity index (χ2v) is 5.43. The van der Waals surface area contributed by atoms with Gasteiger partial charge in [0.15, 0.2) is 5.65 Å². The number of hydrogen-bond donors (Lipinski definition) is 2. The van der Waals surface area contributed by atoms with Crippen LogP contribution in [0, 0.1) is 12.8 Å². The third-order valence-corrected chi connectivity index (χ3v) is 3.13. The first kappa shape index (κ1) is 14.5. The molecule has 0 aliphatic carbocycles. The van der Waals surface area contributed by atoms with E-state index < -0.39 is 0 Å². The van der Waals surface area contributed by atoms with Crippen LogP contribution in [-0.4, -0.2) is 33.1 Å². The highest BCUT2D eigenvalue weighted by atomic mass is 16.1. The Bertz CT molecular complexity index is 605. The highest BCUT2D eigenvalue weighted by Gasteiger charge is 2.18. The van der Waals surface area contributed by atoms with E-state index >= 15 is 0 Å². The summed E-state index contributed by atoms with van der Waals surface area (Å²) in [4.78, 5) is 16.7. The van der Waals surface area contributed by atoms with Gasteiger partial charge in [0.05, 0.1) is 6.20 Å². The summed E-state index contributed by atoms with van der Waals surface area (Å²) in [5.74, 6) is 0.308. The van der Waals surface area contributed by atoms with Gasteiger partial charge in [0.1, 0.15) is 5.56 Å². The van der Waals surface area contributed by atoms with Gasteiger partial charge in [0.25, 0.3) is 5.91 Å². The number of amides is 1. The molecule has 0 fully saturated rings. The van der Waals surface area contributed by atoms with Gasteiger partial charge in [-0.3, -0.25) is 4.79 Å². The molecule has 0 aliphatic rings. The lowest BCUT2D eigenvalue weighted by atomic mass is 10.0. The molecule has 2 rings (SSSR count). The molecule has 6 nitrogen and oxygen atoms in total. The average Bonchev–Trinajstić information content (AvgIpc) is 2.80. The smallest absolute Gasteiger partial charge is 0.257 e. The third kappa shape index (κ3) is 3.14. The normalized spacial score (nSPS) is 12.8. The molecule has 0 aromatic carbocycles. The summed E-state index contributed by atoms with van der Waals surface area (Å²) in [6.07, 6.45) is 4.19. The van der Waals surface area contributed by atoms with Crippen molar-refractivity contribution in [2.45, 2.75) is 33.2 Å². The number of nitrogens with two attached hydrogens (primary N) is 1. The predicted octanol–water partition coefficient (Wildman–Crippen LogP) is 1.14. The molecule has 0 radical (unpaired) electrons. The van der Waals surface area contributed by atoms with Gasteiger partial charge in [-0.2, -0.15) is 5.10 Å². The Labute approximate surface area is 118 Å². The number of nitrogens with zero attached hydrogens (tertiary/aromatic N) is 3. The summed E-state index contributed by atoms with van der Waals surface area (Å²) in [6.45, 7) is 6.52. The topological polar surface area (TPSA) is 85.3 Å². The van der Waals surface area contributed by atoms with E-state index in [-0.39, 0.29) is 11.9 Å². The molecule has 1 unspecified atom stereocenters. The maximum absolute atomic E-state index is 12.3. The van der Waals surface area contributed by atoms with Crippen molar-refractivity contribution in [2.24, 2.45) is 11.7 Å². The number of aryl methyl sites for hydroxylation is 1. The Morgan fingerprint density at radius 3 is 2.90 bits per heavy atom. The molecule has 6 heteroatoms. The van der Waals surface area contributed by atoms with Crippen molar-refractivity contribution in [3.63, 3.8) is 0 Å². The van der Waals surface area contributed by atoms with Gasteiger partial charge in [-0.05, 0) is 25.3 Å². The van der Waals surface area contributed by atoms with Crippen molar-refractivity contribution >= 4 is 11.6 Å². The molecule has 1 amide bonds. The molecule has 1 atom stereocenters. The molecule has 0 aliphatic heterocycles. The lowest BCUT2D eigenvalue weighted by Crippen LogP contribution is -2.41. The number of rotatable bonds is 5. The highest BCUT2D eigenvalue weighted by Crippen LogP contribution is 2.10. The van der Waals surface area contributed by atoms with E-state index in [0.717, 1.165) is 12.1 Å². The fourth-order valence-electron chi connectivity index (χ4n) is 2.17. The fourth-order valence-corrected chi connectivity index (χ4v) is 2.17. The zero-order valence-electron chi connectivity index (χ0n) is 12.1. The van der Waals surface area contributed by atoms with E-state index in [2.05, 4.69) is 29.2 Å². The van der Waals surface area contributed by atoms with Gasteiger partial charge in [-0.25, -0.2) is 9.50 Å². The van der Waals surface area contributed by atoms with E-state index in [1.165, 1.54) is 0 Å². The van der Waals surface area contributed by atoms with Crippen LogP contribution in [0.4, 0.5) is 0 Å². The maximum Gasteiger partial charge on any atom is 0.257 e. The fraction of sp³-hybridized carbons (Fsp3) is 0.500. The minimum atomic E-state index is -0.172. The monoisotopic (exact) mass is 275 g/mol. The van der Waals surface area contributed by atoms with Crippen molar-refractivity contribution in [3.8, 4) is 0 Å². The summed E-state index contributed by atoms with van der Waals surface area (Å²) >= 11 is 0. The van der Waals surface area contributed by atoms with Gasteiger partial charge in [0, 0.05) is 24.5 Å². The van der Waals surface area contributed by atoms with Gasteiger partial charge in [0.2, 0.25) is 0 Å². The molecule has 3 N–H and O–H groups in total. The van der Waals surface area contributed by atoms with Crippen LogP contribution in [-0.2, 0) is 0 Å². The molecule has 0 saturated carbocycles. The minimum Gasteiger partial charge on any atom is -0.348 e. The first-order valence-corrected chi connectivity index (χ1v) is 6.83. The van der Waals surface area contributed by atoms with Crippen molar-refractivity contribution in [3.05, 3.63) is 29.7 Å². The number of carbonyl (C=O) groups is 1.